The number of aryl methyl sites for hydroxylation is 1. The van der Waals surface area contributed by atoms with E-state index in [9.17, 15) is 21.5 Å². The molecule has 1 aliphatic rings. The SMILES string of the molecule is Cc1ccc(N2CC(S(=O)(=O)F)CC2=O)cc1F. The quantitative estimate of drug-likeness (QED) is 0.769. The molecule has 18 heavy (non-hydrogen) atoms. The van der Waals surface area contributed by atoms with Crippen LogP contribution < -0.4 is 4.90 Å². The van der Waals surface area contributed by atoms with E-state index in [0.29, 0.717) is 5.56 Å². The van der Waals surface area contributed by atoms with E-state index in [0.717, 1.165) is 11.0 Å². The van der Waals surface area contributed by atoms with Gasteiger partial charge in [-0.2, -0.15) is 8.42 Å². The van der Waals surface area contributed by atoms with Crippen LogP contribution >= 0.6 is 0 Å². The molecule has 1 aliphatic heterocycles. The number of hydrogen-bond acceptors (Lipinski definition) is 3. The first kappa shape index (κ1) is 12.9. The number of benzene rings is 1. The topological polar surface area (TPSA) is 54.5 Å². The van der Waals surface area contributed by atoms with Gasteiger partial charge in [-0.15, -0.1) is 3.89 Å². The van der Waals surface area contributed by atoms with Crippen molar-refractivity contribution < 1.29 is 21.5 Å². The van der Waals surface area contributed by atoms with Crippen LogP contribution in [-0.2, 0) is 15.0 Å². The standard InChI is InChI=1S/C11H11F2NO3S/c1-7-2-3-8(4-10(7)12)14-6-9(5-11(14)15)18(13,16)17/h2-4,9H,5-6H2,1H3. The maximum Gasteiger partial charge on any atom is 0.307 e. The van der Waals surface area contributed by atoms with Crippen LogP contribution in [0.15, 0.2) is 18.2 Å². The first-order valence-corrected chi connectivity index (χ1v) is 6.73. The number of amides is 1. The van der Waals surface area contributed by atoms with Crippen molar-refractivity contribution in [1.82, 2.24) is 0 Å². The van der Waals surface area contributed by atoms with Crippen LogP contribution in [-0.4, -0.2) is 26.1 Å². The summed E-state index contributed by atoms with van der Waals surface area (Å²) >= 11 is 0. The summed E-state index contributed by atoms with van der Waals surface area (Å²) in [6, 6.07) is 4.12. The molecule has 1 saturated heterocycles. The van der Waals surface area contributed by atoms with Gasteiger partial charge in [-0.05, 0) is 24.6 Å². The third-order valence-electron chi connectivity index (χ3n) is 2.95. The second-order valence-corrected chi connectivity index (χ2v) is 5.86. The van der Waals surface area contributed by atoms with E-state index in [1.54, 1.807) is 6.92 Å². The molecule has 1 unspecified atom stereocenters. The number of carbonyl (C=O) groups excluding carboxylic acids is 1. The summed E-state index contributed by atoms with van der Waals surface area (Å²) in [5.74, 6) is -1.02. The number of rotatable bonds is 2. The van der Waals surface area contributed by atoms with E-state index in [-0.39, 0.29) is 12.2 Å². The zero-order chi connectivity index (χ0) is 13.5. The van der Waals surface area contributed by atoms with Crippen molar-refractivity contribution in [2.75, 3.05) is 11.4 Å². The average molecular weight is 275 g/mol. The summed E-state index contributed by atoms with van der Waals surface area (Å²) in [6.07, 6.45) is -0.408. The van der Waals surface area contributed by atoms with E-state index in [1.807, 2.05) is 0 Å². The fourth-order valence-electron chi connectivity index (χ4n) is 1.86. The van der Waals surface area contributed by atoms with Crippen LogP contribution in [0.1, 0.15) is 12.0 Å². The molecule has 0 saturated carbocycles. The molecule has 7 heteroatoms. The molecule has 1 heterocycles. The Kier molecular flexibility index (Phi) is 3.10. The predicted molar refractivity (Wildman–Crippen MR) is 61.9 cm³/mol. The monoisotopic (exact) mass is 275 g/mol. The number of carbonyl (C=O) groups is 1. The van der Waals surface area contributed by atoms with Crippen LogP contribution in [0.5, 0.6) is 0 Å². The number of anilines is 1. The van der Waals surface area contributed by atoms with Crippen LogP contribution in [0, 0.1) is 12.7 Å². The van der Waals surface area contributed by atoms with Crippen molar-refractivity contribution in [3.8, 4) is 0 Å². The highest BCUT2D eigenvalue weighted by Crippen LogP contribution is 2.26. The minimum atomic E-state index is -4.75. The Morgan fingerprint density at radius 2 is 2.06 bits per heavy atom. The first-order chi connectivity index (χ1) is 8.29. The van der Waals surface area contributed by atoms with Crippen LogP contribution in [0.3, 0.4) is 0 Å². The molecule has 98 valence electrons. The highest BCUT2D eigenvalue weighted by molar-refractivity contribution is 7.87. The molecule has 1 fully saturated rings. The molecule has 0 spiro atoms. The van der Waals surface area contributed by atoms with E-state index in [1.165, 1.54) is 12.1 Å². The molecule has 0 radical (unpaired) electrons. The summed E-state index contributed by atoms with van der Waals surface area (Å²) in [6.45, 7) is 1.29. The van der Waals surface area contributed by atoms with Crippen molar-refractivity contribution in [2.45, 2.75) is 18.6 Å². The molecule has 1 atom stereocenters. The number of hydrogen-bond donors (Lipinski definition) is 0. The fourth-order valence-corrected chi connectivity index (χ4v) is 2.53. The Labute approximate surface area is 103 Å². The molecule has 0 bridgehead atoms. The van der Waals surface area contributed by atoms with E-state index in [4.69, 9.17) is 0 Å². The molecule has 0 aliphatic carbocycles. The Morgan fingerprint density at radius 1 is 1.39 bits per heavy atom. The zero-order valence-corrected chi connectivity index (χ0v) is 10.4. The van der Waals surface area contributed by atoms with Gasteiger partial charge in [-0.1, -0.05) is 6.07 Å². The summed E-state index contributed by atoms with van der Waals surface area (Å²) < 4.78 is 47.7. The normalized spacial score (nSPS) is 20.5. The Morgan fingerprint density at radius 3 is 2.56 bits per heavy atom. The van der Waals surface area contributed by atoms with Crippen molar-refractivity contribution in [2.24, 2.45) is 0 Å². The number of nitrogens with zero attached hydrogens (tertiary/aromatic N) is 1. The van der Waals surface area contributed by atoms with Gasteiger partial charge in [0.15, 0.2) is 0 Å². The van der Waals surface area contributed by atoms with Gasteiger partial charge in [-0.3, -0.25) is 4.79 Å². The second-order valence-electron chi connectivity index (χ2n) is 4.24. The highest BCUT2D eigenvalue weighted by Gasteiger charge is 2.39. The zero-order valence-electron chi connectivity index (χ0n) is 9.56. The van der Waals surface area contributed by atoms with E-state index < -0.39 is 33.6 Å². The van der Waals surface area contributed by atoms with Gasteiger partial charge in [-0.25, -0.2) is 4.39 Å². The van der Waals surface area contributed by atoms with Crippen molar-refractivity contribution in [1.29, 1.82) is 0 Å². The molecular weight excluding hydrogens is 264 g/mol. The van der Waals surface area contributed by atoms with Crippen molar-refractivity contribution in [3.63, 3.8) is 0 Å². The largest absolute Gasteiger partial charge is 0.311 e. The lowest BCUT2D eigenvalue weighted by Crippen LogP contribution is -2.27. The van der Waals surface area contributed by atoms with E-state index >= 15 is 0 Å². The van der Waals surface area contributed by atoms with Gasteiger partial charge in [0.1, 0.15) is 11.1 Å². The molecule has 1 aromatic rings. The van der Waals surface area contributed by atoms with Gasteiger partial charge in [0.05, 0.1) is 0 Å². The third-order valence-corrected chi connectivity index (χ3v) is 4.07. The van der Waals surface area contributed by atoms with Crippen LogP contribution in [0.25, 0.3) is 0 Å². The second kappa shape index (κ2) is 4.31. The van der Waals surface area contributed by atoms with Crippen molar-refractivity contribution in [3.05, 3.63) is 29.6 Å². The van der Waals surface area contributed by atoms with Crippen LogP contribution in [0.2, 0.25) is 0 Å². The maximum atomic E-state index is 13.4. The fraction of sp³-hybridized carbons (Fsp3) is 0.364. The van der Waals surface area contributed by atoms with E-state index in [2.05, 4.69) is 0 Å². The Bertz CT molecular complexity index is 600. The van der Waals surface area contributed by atoms with Gasteiger partial charge >= 0.3 is 10.2 Å². The Balaban J connectivity index is 2.30. The Hall–Kier alpha value is -1.50. The van der Waals surface area contributed by atoms with Gasteiger partial charge in [0, 0.05) is 18.7 Å². The van der Waals surface area contributed by atoms with Gasteiger partial charge in [0.25, 0.3) is 0 Å². The highest BCUT2D eigenvalue weighted by atomic mass is 32.3. The molecule has 0 aromatic heterocycles. The summed E-state index contributed by atoms with van der Waals surface area (Å²) in [5, 5.41) is -1.37. The molecule has 2 rings (SSSR count). The minimum absolute atomic E-state index is 0.245. The summed E-state index contributed by atoms with van der Waals surface area (Å²) in [5.41, 5.74) is 0.661. The van der Waals surface area contributed by atoms with Gasteiger partial charge < -0.3 is 4.90 Å². The predicted octanol–water partition coefficient (Wildman–Crippen LogP) is 1.54. The lowest BCUT2D eigenvalue weighted by molar-refractivity contribution is -0.117. The molecule has 1 aromatic carbocycles. The van der Waals surface area contributed by atoms with Crippen LogP contribution in [0.4, 0.5) is 14.0 Å². The molecule has 1 amide bonds. The average Bonchev–Trinajstić information content (AvgIpc) is 2.64. The molecule has 0 N–H and O–H groups in total. The lowest BCUT2D eigenvalue weighted by atomic mass is 10.2. The molecule has 4 nitrogen and oxygen atoms in total. The first-order valence-electron chi connectivity index (χ1n) is 5.29. The maximum absolute atomic E-state index is 13.4. The number of halogens is 2. The molecular formula is C11H11F2NO3S. The minimum Gasteiger partial charge on any atom is -0.311 e. The van der Waals surface area contributed by atoms with Crippen molar-refractivity contribution >= 4 is 21.8 Å². The third kappa shape index (κ3) is 2.35. The summed E-state index contributed by atoms with van der Waals surface area (Å²) in [7, 11) is -4.75. The lowest BCUT2D eigenvalue weighted by Gasteiger charge is -2.16. The van der Waals surface area contributed by atoms with Gasteiger partial charge in [0.2, 0.25) is 5.91 Å². The summed E-state index contributed by atoms with van der Waals surface area (Å²) in [4.78, 5) is 12.7. The smallest absolute Gasteiger partial charge is 0.307 e.